The molecule has 0 amide bonds. The molecule has 135 heavy (non-hydrogen) atoms. The first-order valence-corrected chi connectivity index (χ1v) is 54.9. The molecule has 1 atom stereocenters. The van der Waals surface area contributed by atoms with Gasteiger partial charge in [0.2, 0.25) is 0 Å². The van der Waals surface area contributed by atoms with Crippen molar-refractivity contribution in [2.75, 3.05) is 0 Å². The summed E-state index contributed by atoms with van der Waals surface area (Å²) in [6, 6.07) is 105. The highest BCUT2D eigenvalue weighted by Crippen LogP contribution is 2.62. The van der Waals surface area contributed by atoms with Gasteiger partial charge in [0.05, 0.1) is 0 Å². The summed E-state index contributed by atoms with van der Waals surface area (Å²) >= 11 is 6.40. The molecule has 1 heteroatoms. The molecule has 13 aromatic carbocycles. The lowest BCUT2D eigenvalue weighted by atomic mass is 9.69. The maximum Gasteiger partial charge on any atom is 0.0406 e. The van der Waals surface area contributed by atoms with Crippen LogP contribution in [0.5, 0.6) is 0 Å². The predicted octanol–water partition coefficient (Wildman–Crippen LogP) is 41.5. The molecule has 698 valence electrons. The fourth-order valence-corrected chi connectivity index (χ4v) is 26.1. The van der Waals surface area contributed by atoms with E-state index in [4.69, 9.17) is 11.6 Å². The predicted molar refractivity (Wildman–Crippen MR) is 587 cm³/mol. The highest BCUT2D eigenvalue weighted by atomic mass is 35.5. The van der Waals surface area contributed by atoms with Gasteiger partial charge >= 0.3 is 0 Å². The van der Waals surface area contributed by atoms with Crippen molar-refractivity contribution in [1.82, 2.24) is 0 Å². The van der Waals surface area contributed by atoms with Crippen molar-refractivity contribution in [3.63, 3.8) is 0 Å². The topological polar surface area (TPSA) is 0 Å². The van der Waals surface area contributed by atoms with Gasteiger partial charge in [-0.05, 0) is 294 Å². The molecule has 0 aliphatic heterocycles. The molecule has 0 saturated carbocycles. The Morgan fingerprint density at radius 2 is 0.311 bits per heavy atom. The van der Waals surface area contributed by atoms with E-state index in [-0.39, 0.29) is 27.1 Å². The Balaban J connectivity index is 0.631. The minimum Gasteiger partial charge on any atom is -0.0843 e. The van der Waals surface area contributed by atoms with Crippen molar-refractivity contribution in [3.05, 3.63) is 322 Å². The number of hydrogen-bond donors (Lipinski definition) is 0. The van der Waals surface area contributed by atoms with Gasteiger partial charge in [-0.2, -0.15) is 0 Å². The fraction of sp³-hybridized carbons (Fsp3) is 0.418. The third kappa shape index (κ3) is 19.4. The van der Waals surface area contributed by atoms with Gasteiger partial charge in [-0.15, -0.1) is 0 Å². The van der Waals surface area contributed by atoms with Gasteiger partial charge in [-0.25, -0.2) is 0 Å². The van der Waals surface area contributed by atoms with Gasteiger partial charge < -0.3 is 0 Å². The summed E-state index contributed by atoms with van der Waals surface area (Å²) in [6.07, 6.45) is 52.9. The number of halogens is 1. The zero-order valence-corrected chi connectivity index (χ0v) is 85.0. The molecule has 0 fully saturated rings. The summed E-state index contributed by atoms with van der Waals surface area (Å²) < 4.78 is 0. The van der Waals surface area contributed by atoms with Crippen LogP contribution in [-0.2, 0) is 27.1 Å². The Morgan fingerprint density at radius 1 is 0.156 bits per heavy atom. The maximum atomic E-state index is 6.40. The van der Waals surface area contributed by atoms with Crippen molar-refractivity contribution in [1.29, 1.82) is 0 Å². The quantitative estimate of drug-likeness (QED) is 0.0334. The molecule has 0 nitrogen and oxygen atoms in total. The van der Waals surface area contributed by atoms with Gasteiger partial charge in [0, 0.05) is 32.1 Å². The first kappa shape index (κ1) is 95.5. The van der Waals surface area contributed by atoms with Gasteiger partial charge in [-0.1, -0.05) is 500 Å². The van der Waals surface area contributed by atoms with Gasteiger partial charge in [0.15, 0.2) is 0 Å². The van der Waals surface area contributed by atoms with E-state index in [9.17, 15) is 0 Å². The standard InChI is InChI=1S/C134H155Cl/c1-11-17-23-29-35-43-80-132(81-44-36-30-24-18-12-2)120-49-41-40-48-110(120)115-78-67-107(93-125(115)132)105-65-73-113-111-71-60-100(86-121(111)130(7,8)123(113)88-105)95-50-52-96(53-51-95)102-62-75-116-117-76-63-103(91-127(117)133(126(116)90-102,83-45-37-31-25-19-13-3)84-46-38-32-26-20-14-4)97-54-56-98(57-55-97)104-64-77-118-119-79-68-108(94-129(119)134(128(118)92-104,82-42-34-28-22-16-6)85-47-39-33-27-21-15-5)106-66-74-114-112-72-61-101(99-58-69-109(135)70-59-99)87-122(112)131(9,10)124(114)89-106/h40-41,48-79,86-94H,11-39,42-47,80-85H2,1-10H3. The van der Waals surface area contributed by atoms with Crippen molar-refractivity contribution < 1.29 is 0 Å². The Labute approximate surface area is 820 Å². The van der Waals surface area contributed by atoms with Crippen LogP contribution in [0.3, 0.4) is 0 Å². The van der Waals surface area contributed by atoms with Crippen molar-refractivity contribution in [2.24, 2.45) is 0 Å². The average Bonchev–Trinajstić information content (AvgIpc) is 1.57. The van der Waals surface area contributed by atoms with Crippen LogP contribution >= 0.6 is 11.6 Å². The zero-order chi connectivity index (χ0) is 93.1. The molecule has 0 heterocycles. The van der Waals surface area contributed by atoms with Gasteiger partial charge in [0.25, 0.3) is 0 Å². The molecule has 1 unspecified atom stereocenters. The summed E-state index contributed by atoms with van der Waals surface area (Å²) in [4.78, 5) is 0. The highest BCUT2D eigenvalue weighted by molar-refractivity contribution is 6.30. The largest absolute Gasteiger partial charge is 0.0843 e. The second kappa shape index (κ2) is 43.0. The van der Waals surface area contributed by atoms with Crippen LogP contribution in [0.4, 0.5) is 0 Å². The van der Waals surface area contributed by atoms with E-state index in [0.29, 0.717) is 0 Å². The van der Waals surface area contributed by atoms with E-state index in [1.807, 2.05) is 12.1 Å². The smallest absolute Gasteiger partial charge is 0.0406 e. The molecule has 0 aromatic heterocycles. The summed E-state index contributed by atoms with van der Waals surface area (Å²) in [5.74, 6) is 0. The molecule has 0 radical (unpaired) electrons. The van der Waals surface area contributed by atoms with Crippen molar-refractivity contribution in [3.8, 4) is 134 Å². The monoisotopic (exact) mass is 1800 g/mol. The molecule has 13 aromatic rings. The minimum absolute atomic E-state index is 0.0541. The Morgan fingerprint density at radius 3 is 0.533 bits per heavy atom. The second-order valence-electron chi connectivity index (χ2n) is 43.3. The second-order valence-corrected chi connectivity index (χ2v) is 43.7. The molecular weight excluding hydrogens is 1640 g/mol. The molecule has 0 N–H and O–H groups in total. The lowest BCUT2D eigenvalue weighted by molar-refractivity contribution is 0.398. The van der Waals surface area contributed by atoms with Crippen LogP contribution in [0, 0.1) is 0 Å². The van der Waals surface area contributed by atoms with Crippen LogP contribution in [0.25, 0.3) is 134 Å². The van der Waals surface area contributed by atoms with Crippen LogP contribution in [0.2, 0.25) is 5.02 Å². The van der Waals surface area contributed by atoms with Gasteiger partial charge in [-0.3, -0.25) is 0 Å². The van der Waals surface area contributed by atoms with E-state index in [1.165, 1.54) is 419 Å². The zero-order valence-electron chi connectivity index (χ0n) is 84.2. The summed E-state index contributed by atoms with van der Waals surface area (Å²) in [5, 5.41) is 0.770. The average molecular weight is 1800 g/mol. The van der Waals surface area contributed by atoms with Crippen LogP contribution in [-0.4, -0.2) is 0 Å². The van der Waals surface area contributed by atoms with E-state index in [0.717, 1.165) is 5.02 Å². The molecule has 0 saturated heterocycles. The summed E-state index contributed by atoms with van der Waals surface area (Å²) in [5.41, 5.74) is 47.1. The number of hydrogen-bond acceptors (Lipinski definition) is 0. The number of fused-ring (bicyclic) bond motifs is 15. The van der Waals surface area contributed by atoms with E-state index in [2.05, 4.69) is 318 Å². The molecule has 0 spiro atoms. The number of unbranched alkanes of at least 4 members (excludes halogenated alkanes) is 29. The first-order chi connectivity index (χ1) is 66.1. The third-order valence-corrected chi connectivity index (χ3v) is 34.0. The molecule has 18 rings (SSSR count). The van der Waals surface area contributed by atoms with Crippen LogP contribution in [0.15, 0.2) is 261 Å². The first-order valence-electron chi connectivity index (χ1n) is 54.5. The van der Waals surface area contributed by atoms with Crippen LogP contribution < -0.4 is 0 Å². The normalized spacial score (nSPS) is 15.4. The van der Waals surface area contributed by atoms with Crippen molar-refractivity contribution >= 4 is 11.6 Å². The van der Waals surface area contributed by atoms with E-state index < -0.39 is 0 Å². The fourth-order valence-electron chi connectivity index (χ4n) is 25.9. The molecular formula is C134H155Cl. The Kier molecular flexibility index (Phi) is 30.4. The van der Waals surface area contributed by atoms with Crippen LogP contribution in [0.1, 0.15) is 388 Å². The van der Waals surface area contributed by atoms with Crippen molar-refractivity contribution in [2.45, 2.75) is 360 Å². The maximum absolute atomic E-state index is 6.40. The molecule has 0 bridgehead atoms. The third-order valence-electron chi connectivity index (χ3n) is 33.8. The lowest BCUT2D eigenvalue weighted by Crippen LogP contribution is -2.25. The van der Waals surface area contributed by atoms with E-state index in [1.54, 1.807) is 33.4 Å². The minimum atomic E-state index is -0.167. The van der Waals surface area contributed by atoms with Gasteiger partial charge in [0.1, 0.15) is 0 Å². The number of benzene rings is 13. The van der Waals surface area contributed by atoms with E-state index >= 15 is 0 Å². The SMILES string of the molecule is CCCCCCCCC1(CCCCCCC)c2cc(-c3ccc(-c4ccc5c(c4)C(CCCCCCCC)(CCCCCCCC)c4cc(-c6ccc(-c7ccc8c(c7)C(C)(C)c7cc(-c9ccc%10c(c9)C(CCCCCCCC)(CCCCCCCC)c9ccccc9-%10)ccc7-8)cc6)ccc4-5)cc3)ccc2-c2ccc(-c3ccc4c(c3)C(C)(C)c3cc(-c5ccc(Cl)cc5)ccc3-4)cc21. The number of rotatable bonds is 48. The summed E-state index contributed by atoms with van der Waals surface area (Å²) in [7, 11) is 0. The lowest BCUT2D eigenvalue weighted by Gasteiger charge is -2.33. The Bertz CT molecular complexity index is 6220. The molecule has 5 aliphatic carbocycles. The molecule has 5 aliphatic rings. The summed E-state index contributed by atoms with van der Waals surface area (Å²) in [6.45, 7) is 23.9. The highest BCUT2D eigenvalue weighted by Gasteiger charge is 2.47. The Hall–Kier alpha value is -9.85.